The molecule has 0 saturated carbocycles. The van der Waals surface area contributed by atoms with E-state index in [1.165, 1.54) is 6.08 Å². The quantitative estimate of drug-likeness (QED) is 0.264. The number of aliphatic hydroxyl groups is 1. The maximum Gasteiger partial charge on any atom is 0.261 e. The van der Waals surface area contributed by atoms with Crippen LogP contribution in [0, 0.1) is 13.0 Å². The van der Waals surface area contributed by atoms with Crippen LogP contribution in [0.5, 0.6) is 5.75 Å². The molecule has 2 unspecified atom stereocenters. The minimum atomic E-state index is -3.71. The standard InChI is InChI=1S/C30H28NO4S/c1-3-30(32)29(21-35-27-13-6-4-7-14-27)24-12-10-11-23(19-24)25-17-22(2)18-26(20-25)31-36(33,34)28-15-8-5-9-16-28/h3-6,8-20,29-32H,1,21H2,2H3. The fourth-order valence-electron chi connectivity index (χ4n) is 3.98. The van der Waals surface area contributed by atoms with Crippen molar-refractivity contribution < 1.29 is 18.3 Å². The molecule has 1 radical (unpaired) electrons. The predicted molar refractivity (Wildman–Crippen MR) is 144 cm³/mol. The molecule has 0 heterocycles. The summed E-state index contributed by atoms with van der Waals surface area (Å²) >= 11 is 0. The summed E-state index contributed by atoms with van der Waals surface area (Å²) in [7, 11) is -3.71. The highest BCUT2D eigenvalue weighted by Crippen LogP contribution is 2.30. The molecule has 0 aromatic heterocycles. The topological polar surface area (TPSA) is 75.6 Å². The molecule has 0 aliphatic carbocycles. The zero-order valence-corrected chi connectivity index (χ0v) is 20.8. The number of benzene rings is 4. The van der Waals surface area contributed by atoms with Crippen LogP contribution in [0.4, 0.5) is 5.69 Å². The monoisotopic (exact) mass is 498 g/mol. The normalized spacial score (nSPS) is 12.9. The Kier molecular flexibility index (Phi) is 7.88. The molecule has 5 nitrogen and oxygen atoms in total. The summed E-state index contributed by atoms with van der Waals surface area (Å²) in [5.41, 5.74) is 4.02. The fraction of sp³-hybridized carbons (Fsp3) is 0.133. The second-order valence-corrected chi connectivity index (χ2v) is 10.2. The lowest BCUT2D eigenvalue weighted by atomic mass is 9.91. The van der Waals surface area contributed by atoms with Crippen LogP contribution in [-0.4, -0.2) is 26.2 Å². The van der Waals surface area contributed by atoms with E-state index in [2.05, 4.69) is 17.4 Å². The van der Waals surface area contributed by atoms with Crippen molar-refractivity contribution in [3.05, 3.63) is 127 Å². The van der Waals surface area contributed by atoms with Gasteiger partial charge in [-0.15, -0.1) is 6.58 Å². The van der Waals surface area contributed by atoms with Crippen molar-refractivity contribution in [3.63, 3.8) is 0 Å². The van der Waals surface area contributed by atoms with Gasteiger partial charge in [0.05, 0.1) is 17.6 Å². The molecule has 0 amide bonds. The number of aryl methyl sites for hydroxylation is 1. The smallest absolute Gasteiger partial charge is 0.261 e. The van der Waals surface area contributed by atoms with Crippen molar-refractivity contribution >= 4 is 15.7 Å². The van der Waals surface area contributed by atoms with Crippen molar-refractivity contribution in [2.45, 2.75) is 23.8 Å². The van der Waals surface area contributed by atoms with Crippen molar-refractivity contribution in [2.75, 3.05) is 11.3 Å². The lowest BCUT2D eigenvalue weighted by Crippen LogP contribution is -2.22. The van der Waals surface area contributed by atoms with E-state index in [0.717, 1.165) is 22.3 Å². The van der Waals surface area contributed by atoms with E-state index in [9.17, 15) is 13.5 Å². The SMILES string of the molecule is C=CC(O)C(COc1c[c]ccc1)c1cccc(-c2cc(C)cc(NS(=O)(=O)c3ccccc3)c2)c1. The summed E-state index contributed by atoms with van der Waals surface area (Å²) in [6, 6.07) is 31.9. The minimum absolute atomic E-state index is 0.201. The molecule has 4 aromatic carbocycles. The molecule has 4 rings (SSSR count). The van der Waals surface area contributed by atoms with Gasteiger partial charge in [0.25, 0.3) is 10.0 Å². The van der Waals surface area contributed by atoms with Gasteiger partial charge >= 0.3 is 0 Å². The third-order valence-electron chi connectivity index (χ3n) is 5.79. The average Bonchev–Trinajstić information content (AvgIpc) is 2.89. The van der Waals surface area contributed by atoms with E-state index in [-0.39, 0.29) is 17.4 Å². The number of sulfonamides is 1. The lowest BCUT2D eigenvalue weighted by molar-refractivity contribution is 0.151. The predicted octanol–water partition coefficient (Wildman–Crippen LogP) is 5.97. The molecule has 0 spiro atoms. The van der Waals surface area contributed by atoms with Crippen LogP contribution in [0.2, 0.25) is 0 Å². The molecule has 6 heteroatoms. The zero-order chi connectivity index (χ0) is 25.5. The number of hydrogen-bond acceptors (Lipinski definition) is 4. The summed E-state index contributed by atoms with van der Waals surface area (Å²) in [6.07, 6.45) is 0.694. The van der Waals surface area contributed by atoms with Crippen LogP contribution in [-0.2, 0) is 10.0 Å². The first kappa shape index (κ1) is 25.2. The third kappa shape index (κ3) is 6.22. The van der Waals surface area contributed by atoms with E-state index in [1.807, 2.05) is 55.5 Å². The van der Waals surface area contributed by atoms with Crippen LogP contribution >= 0.6 is 0 Å². The molecule has 0 fully saturated rings. The van der Waals surface area contributed by atoms with E-state index in [0.29, 0.717) is 11.4 Å². The minimum Gasteiger partial charge on any atom is -0.493 e. The molecule has 183 valence electrons. The van der Waals surface area contributed by atoms with Crippen LogP contribution in [0.3, 0.4) is 0 Å². The highest BCUT2D eigenvalue weighted by Gasteiger charge is 2.21. The fourth-order valence-corrected chi connectivity index (χ4v) is 5.04. The van der Waals surface area contributed by atoms with Crippen LogP contribution in [0.1, 0.15) is 17.0 Å². The van der Waals surface area contributed by atoms with E-state index < -0.39 is 16.1 Å². The van der Waals surface area contributed by atoms with E-state index in [4.69, 9.17) is 4.74 Å². The first-order valence-electron chi connectivity index (χ1n) is 11.5. The van der Waals surface area contributed by atoms with Gasteiger partial charge in [0, 0.05) is 11.6 Å². The summed E-state index contributed by atoms with van der Waals surface area (Å²) < 4.78 is 34.3. The van der Waals surface area contributed by atoms with Crippen molar-refractivity contribution in [2.24, 2.45) is 0 Å². The molecule has 36 heavy (non-hydrogen) atoms. The molecule has 4 aromatic rings. The third-order valence-corrected chi connectivity index (χ3v) is 7.19. The largest absolute Gasteiger partial charge is 0.493 e. The first-order chi connectivity index (χ1) is 17.4. The highest BCUT2D eigenvalue weighted by atomic mass is 32.2. The van der Waals surface area contributed by atoms with Crippen LogP contribution in [0.25, 0.3) is 11.1 Å². The number of anilines is 1. The van der Waals surface area contributed by atoms with Gasteiger partial charge < -0.3 is 9.84 Å². The average molecular weight is 499 g/mol. The Balaban J connectivity index is 1.62. The van der Waals surface area contributed by atoms with Gasteiger partial charge in [-0.25, -0.2) is 8.42 Å². The Morgan fingerprint density at radius 1 is 1.00 bits per heavy atom. The van der Waals surface area contributed by atoms with Gasteiger partial charge in [-0.05, 0) is 71.6 Å². The van der Waals surface area contributed by atoms with Gasteiger partial charge in [-0.2, -0.15) is 0 Å². The second kappa shape index (κ2) is 11.2. The molecular weight excluding hydrogens is 470 g/mol. The Morgan fingerprint density at radius 2 is 1.81 bits per heavy atom. The summed E-state index contributed by atoms with van der Waals surface area (Å²) in [6.45, 7) is 5.92. The Hall–Kier alpha value is -3.87. The lowest BCUT2D eigenvalue weighted by Gasteiger charge is -2.22. The van der Waals surface area contributed by atoms with Gasteiger partial charge in [0.1, 0.15) is 5.75 Å². The molecule has 0 saturated heterocycles. The van der Waals surface area contributed by atoms with E-state index >= 15 is 0 Å². The summed E-state index contributed by atoms with van der Waals surface area (Å²) in [4.78, 5) is 0.201. The highest BCUT2D eigenvalue weighted by molar-refractivity contribution is 7.92. The number of aliphatic hydroxyl groups excluding tert-OH is 1. The second-order valence-electron chi connectivity index (χ2n) is 8.51. The number of rotatable bonds is 10. The van der Waals surface area contributed by atoms with Crippen molar-refractivity contribution in [1.29, 1.82) is 0 Å². The van der Waals surface area contributed by atoms with Crippen LogP contribution in [0.15, 0.2) is 115 Å². The van der Waals surface area contributed by atoms with Gasteiger partial charge in [-0.3, -0.25) is 4.72 Å². The Labute approximate surface area is 212 Å². The summed E-state index contributed by atoms with van der Waals surface area (Å²) in [5, 5.41) is 10.7. The maximum absolute atomic E-state index is 12.8. The van der Waals surface area contributed by atoms with Crippen molar-refractivity contribution in [1.82, 2.24) is 0 Å². The molecule has 0 aliphatic heterocycles. The number of ether oxygens (including phenoxy) is 1. The van der Waals surface area contributed by atoms with Crippen molar-refractivity contribution in [3.8, 4) is 16.9 Å². The Bertz CT molecular complexity index is 1420. The maximum atomic E-state index is 12.8. The number of hydrogen-bond donors (Lipinski definition) is 2. The summed E-state index contributed by atoms with van der Waals surface area (Å²) in [5.74, 6) is 0.326. The van der Waals surface area contributed by atoms with E-state index in [1.54, 1.807) is 48.5 Å². The first-order valence-corrected chi connectivity index (χ1v) is 13.0. The van der Waals surface area contributed by atoms with Gasteiger partial charge in [0.2, 0.25) is 0 Å². The Morgan fingerprint density at radius 3 is 2.53 bits per heavy atom. The van der Waals surface area contributed by atoms with Gasteiger partial charge in [-0.1, -0.05) is 66.7 Å². The van der Waals surface area contributed by atoms with Gasteiger partial charge in [0.15, 0.2) is 0 Å². The van der Waals surface area contributed by atoms with Crippen LogP contribution < -0.4 is 9.46 Å². The number of nitrogens with one attached hydrogen (secondary N) is 1. The zero-order valence-electron chi connectivity index (χ0n) is 20.0. The molecule has 0 bridgehead atoms. The molecule has 2 N–H and O–H groups in total. The molecule has 0 aliphatic rings. The molecule has 2 atom stereocenters. The molecular formula is C30H28NO4S.